The predicted molar refractivity (Wildman–Crippen MR) is 201 cm³/mol. The molecule has 0 bridgehead atoms. The van der Waals surface area contributed by atoms with Gasteiger partial charge in [-0.2, -0.15) is 0 Å². The lowest BCUT2D eigenvalue weighted by molar-refractivity contribution is -0.113. The van der Waals surface area contributed by atoms with Gasteiger partial charge in [-0.1, -0.05) is 61.5 Å². The zero-order chi connectivity index (χ0) is 37.5. The number of aliphatic hydroxyl groups is 5. The minimum absolute atomic E-state index is 0.0936. The monoisotopic (exact) mass is 709 g/mol. The van der Waals surface area contributed by atoms with E-state index in [1.807, 2.05) is 42.5 Å². The number of aromatic carboxylic acids is 1. The van der Waals surface area contributed by atoms with Gasteiger partial charge in [0.2, 0.25) is 0 Å². The second kappa shape index (κ2) is 17.0. The van der Waals surface area contributed by atoms with Crippen LogP contribution in [0.1, 0.15) is 40.7 Å². The van der Waals surface area contributed by atoms with Crippen molar-refractivity contribution in [3.63, 3.8) is 0 Å². The summed E-state index contributed by atoms with van der Waals surface area (Å²) in [6.07, 6.45) is -3.75. The van der Waals surface area contributed by atoms with Crippen molar-refractivity contribution < 1.29 is 35.4 Å². The number of nitrogens with zero attached hydrogens (tertiary/aromatic N) is 4. The summed E-state index contributed by atoms with van der Waals surface area (Å²) < 4.78 is 4.47. The van der Waals surface area contributed by atoms with Gasteiger partial charge >= 0.3 is 5.97 Å². The van der Waals surface area contributed by atoms with E-state index >= 15 is 0 Å². The fourth-order valence-electron chi connectivity index (χ4n) is 6.35. The van der Waals surface area contributed by atoms with Gasteiger partial charge in [0.05, 0.1) is 40.3 Å². The van der Waals surface area contributed by atoms with Crippen LogP contribution in [0.25, 0.3) is 44.6 Å². The Kier molecular flexibility index (Phi) is 12.5. The fraction of sp³-hybridized carbons (Fsp3) is 0.325. The normalized spacial score (nSPS) is 13.8. The molecule has 0 amide bonds. The molecule has 52 heavy (non-hydrogen) atoms. The Morgan fingerprint density at radius 2 is 1.52 bits per heavy atom. The topological polar surface area (TPSA) is 186 Å². The van der Waals surface area contributed by atoms with E-state index in [1.54, 1.807) is 19.2 Å². The number of imidazole rings is 2. The summed E-state index contributed by atoms with van der Waals surface area (Å²) in [4.78, 5) is 21.7. The van der Waals surface area contributed by atoms with Crippen LogP contribution in [0.15, 0.2) is 84.9 Å². The number of carboxylic acids is 1. The van der Waals surface area contributed by atoms with E-state index in [2.05, 4.69) is 65.7 Å². The summed E-state index contributed by atoms with van der Waals surface area (Å²) in [6, 6.07) is 27.9. The maximum absolute atomic E-state index is 11.7. The van der Waals surface area contributed by atoms with Gasteiger partial charge < -0.3 is 45.1 Å². The van der Waals surface area contributed by atoms with Crippen molar-refractivity contribution >= 4 is 28.0 Å². The van der Waals surface area contributed by atoms with Crippen molar-refractivity contribution in [3.05, 3.63) is 107 Å². The number of benzene rings is 4. The SMILES string of the molecule is CCCc1nc2c(C)cc(-c3nc4ccccc4n3C)cc2n1Cc1ccc(-c2ccccc2C(=O)O)cc1.CNC[C@H](O)[C@@H](O)[C@H](O)[C@H](O)CO. The summed E-state index contributed by atoms with van der Waals surface area (Å²) in [5, 5.41) is 57.1. The van der Waals surface area contributed by atoms with Crippen LogP contribution < -0.4 is 5.32 Å². The molecule has 0 aliphatic rings. The number of likely N-dealkylation sites (N-methyl/N-ethyl adjacent to an activating group) is 1. The molecule has 0 spiro atoms. The summed E-state index contributed by atoms with van der Waals surface area (Å²) >= 11 is 0. The highest BCUT2D eigenvalue weighted by molar-refractivity contribution is 5.96. The first-order chi connectivity index (χ1) is 25.0. The zero-order valence-corrected chi connectivity index (χ0v) is 29.8. The molecule has 0 unspecified atom stereocenters. The van der Waals surface area contributed by atoms with Crippen LogP contribution in [0.4, 0.5) is 0 Å². The number of carbonyl (C=O) groups is 1. The van der Waals surface area contributed by atoms with Crippen molar-refractivity contribution in [1.82, 2.24) is 24.4 Å². The molecule has 7 N–H and O–H groups in total. The number of rotatable bonds is 13. The van der Waals surface area contributed by atoms with Crippen LogP contribution in [0.3, 0.4) is 0 Å². The summed E-state index contributed by atoms with van der Waals surface area (Å²) in [6.45, 7) is 4.41. The van der Waals surface area contributed by atoms with Gasteiger partial charge in [-0.25, -0.2) is 14.8 Å². The molecule has 4 atom stereocenters. The zero-order valence-electron chi connectivity index (χ0n) is 29.8. The molecule has 274 valence electrons. The average molecular weight is 710 g/mol. The van der Waals surface area contributed by atoms with Crippen molar-refractivity contribution in [1.29, 1.82) is 0 Å². The Labute approximate surface area is 302 Å². The summed E-state index contributed by atoms with van der Waals surface area (Å²) in [5.41, 5.74) is 9.46. The predicted octanol–water partition coefficient (Wildman–Crippen LogP) is 3.91. The van der Waals surface area contributed by atoms with E-state index in [4.69, 9.17) is 30.4 Å². The highest BCUT2D eigenvalue weighted by atomic mass is 16.4. The van der Waals surface area contributed by atoms with Gasteiger partial charge in [-0.3, -0.25) is 0 Å². The van der Waals surface area contributed by atoms with Gasteiger partial charge in [0.25, 0.3) is 0 Å². The number of carboxylic acid groups (broad SMARTS) is 1. The molecule has 0 saturated heterocycles. The molecular formula is C40H47N5O7. The molecule has 12 nitrogen and oxygen atoms in total. The lowest BCUT2D eigenvalue weighted by Crippen LogP contribution is -2.48. The molecule has 0 saturated carbocycles. The standard InChI is InChI=1S/C33H30N4O2.C7H17NO5/c1-4-9-30-35-31-21(2)18-24(32-34-27-12-7-8-13-28(27)36(32)3)19-29(31)37(30)20-22-14-16-23(17-15-22)25-10-5-6-11-26(25)33(38)39;1-8-2-4(10)6(12)7(13)5(11)3-9/h5-8,10-19H,4,9,20H2,1-3H3,(H,38,39);4-13H,2-3H2,1H3/t;4-,5+,6+,7+/m.0/s1. The Morgan fingerprint density at radius 3 is 2.17 bits per heavy atom. The molecule has 2 heterocycles. The van der Waals surface area contributed by atoms with Gasteiger partial charge in [0.1, 0.15) is 30.0 Å². The van der Waals surface area contributed by atoms with E-state index in [9.17, 15) is 15.0 Å². The molecule has 0 aliphatic heterocycles. The Morgan fingerprint density at radius 1 is 0.846 bits per heavy atom. The first-order valence-electron chi connectivity index (χ1n) is 17.3. The lowest BCUT2D eigenvalue weighted by Gasteiger charge is -2.25. The van der Waals surface area contributed by atoms with Gasteiger partial charge in [-0.05, 0) is 73.0 Å². The number of aryl methyl sites for hydroxylation is 3. The molecule has 2 aromatic heterocycles. The summed E-state index contributed by atoms with van der Waals surface area (Å²) in [5.74, 6) is 1.08. The number of nitrogens with one attached hydrogen (secondary N) is 1. The first-order valence-corrected chi connectivity index (χ1v) is 17.3. The Bertz CT molecular complexity index is 2130. The highest BCUT2D eigenvalue weighted by Crippen LogP contribution is 2.31. The van der Waals surface area contributed by atoms with E-state index < -0.39 is 37.0 Å². The second-order valence-corrected chi connectivity index (χ2v) is 12.9. The van der Waals surface area contributed by atoms with Crippen molar-refractivity contribution in [2.75, 3.05) is 20.2 Å². The number of aromatic nitrogens is 4. The number of aliphatic hydroxyl groups excluding tert-OH is 5. The number of hydrogen-bond donors (Lipinski definition) is 7. The van der Waals surface area contributed by atoms with Crippen LogP contribution in [-0.4, -0.2) is 100 Å². The maximum Gasteiger partial charge on any atom is 0.336 e. The van der Waals surface area contributed by atoms with E-state index in [1.165, 1.54) is 0 Å². The van der Waals surface area contributed by atoms with Crippen molar-refractivity contribution in [2.45, 2.75) is 57.6 Å². The minimum Gasteiger partial charge on any atom is -0.478 e. The Balaban J connectivity index is 0.000000345. The number of fused-ring (bicyclic) bond motifs is 2. The lowest BCUT2D eigenvalue weighted by atomic mass is 9.98. The van der Waals surface area contributed by atoms with Crippen LogP contribution in [0.2, 0.25) is 0 Å². The minimum atomic E-state index is -1.55. The van der Waals surface area contributed by atoms with Crippen LogP contribution in [0, 0.1) is 6.92 Å². The van der Waals surface area contributed by atoms with E-state index in [0.717, 1.165) is 74.4 Å². The molecule has 0 aliphatic carbocycles. The highest BCUT2D eigenvalue weighted by Gasteiger charge is 2.29. The smallest absolute Gasteiger partial charge is 0.336 e. The molecule has 6 aromatic rings. The second-order valence-electron chi connectivity index (χ2n) is 12.9. The quantitative estimate of drug-likeness (QED) is 0.0928. The molecule has 0 radical (unpaired) electrons. The summed E-state index contributed by atoms with van der Waals surface area (Å²) in [7, 11) is 3.64. The largest absolute Gasteiger partial charge is 0.478 e. The molecular weight excluding hydrogens is 662 g/mol. The molecule has 0 fully saturated rings. The van der Waals surface area contributed by atoms with Gasteiger partial charge in [-0.15, -0.1) is 0 Å². The van der Waals surface area contributed by atoms with Crippen LogP contribution in [0.5, 0.6) is 0 Å². The van der Waals surface area contributed by atoms with Gasteiger partial charge in [0, 0.05) is 32.1 Å². The number of para-hydroxylation sites is 2. The third kappa shape index (κ3) is 8.23. The third-order valence-corrected chi connectivity index (χ3v) is 9.14. The van der Waals surface area contributed by atoms with E-state index in [0.29, 0.717) is 12.1 Å². The van der Waals surface area contributed by atoms with Crippen LogP contribution in [-0.2, 0) is 20.0 Å². The average Bonchev–Trinajstić information content (AvgIpc) is 3.68. The van der Waals surface area contributed by atoms with Crippen molar-refractivity contribution in [3.8, 4) is 22.5 Å². The molecule has 12 heteroatoms. The maximum atomic E-state index is 11.7. The molecule has 6 rings (SSSR count). The number of hydrogen-bond acceptors (Lipinski definition) is 9. The van der Waals surface area contributed by atoms with Crippen LogP contribution >= 0.6 is 0 Å². The van der Waals surface area contributed by atoms with E-state index in [-0.39, 0.29) is 6.54 Å². The molecule has 4 aromatic carbocycles. The fourth-order valence-corrected chi connectivity index (χ4v) is 6.35. The van der Waals surface area contributed by atoms with Gasteiger partial charge in [0.15, 0.2) is 0 Å². The van der Waals surface area contributed by atoms with Crippen molar-refractivity contribution in [2.24, 2.45) is 7.05 Å². The Hall–Kier alpha value is -4.95. The first kappa shape index (κ1) is 38.3. The third-order valence-electron chi connectivity index (χ3n) is 9.14.